The van der Waals surface area contributed by atoms with Crippen molar-refractivity contribution in [3.63, 3.8) is 0 Å². The molecule has 4 nitrogen and oxygen atoms in total. The van der Waals surface area contributed by atoms with Gasteiger partial charge in [-0.05, 0) is 30.5 Å². The highest BCUT2D eigenvalue weighted by Crippen LogP contribution is 2.33. The van der Waals surface area contributed by atoms with Gasteiger partial charge >= 0.3 is 0 Å². The highest BCUT2D eigenvalue weighted by Gasteiger charge is 2.15. The van der Waals surface area contributed by atoms with Crippen molar-refractivity contribution in [1.29, 1.82) is 0 Å². The molecule has 1 atom stereocenters. The maximum absolute atomic E-state index is 5.59. The Hall–Kier alpha value is -1.70. The highest BCUT2D eigenvalue weighted by molar-refractivity contribution is 5.44. The second kappa shape index (κ2) is 6.29. The molecule has 0 saturated carbocycles. The predicted octanol–water partition coefficient (Wildman–Crippen LogP) is 1.77. The molecule has 0 spiro atoms. The summed E-state index contributed by atoms with van der Waals surface area (Å²) < 4.78 is 11.0. The molecule has 2 rings (SSSR count). The van der Waals surface area contributed by atoms with Gasteiger partial charge in [0, 0.05) is 12.5 Å². The van der Waals surface area contributed by atoms with Crippen LogP contribution in [0, 0.1) is 12.3 Å². The van der Waals surface area contributed by atoms with Gasteiger partial charge < -0.3 is 9.47 Å². The third-order valence-electron chi connectivity index (χ3n) is 2.98. The number of hydrogen-bond donors (Lipinski definition) is 2. The van der Waals surface area contributed by atoms with Crippen LogP contribution in [0.3, 0.4) is 0 Å². The van der Waals surface area contributed by atoms with Crippen molar-refractivity contribution in [2.75, 3.05) is 13.2 Å². The number of nitrogens with one attached hydrogen (secondary N) is 1. The number of nitrogens with two attached hydrogens (primary N) is 1. The van der Waals surface area contributed by atoms with Gasteiger partial charge in [-0.2, -0.15) is 0 Å². The maximum atomic E-state index is 5.59. The normalized spacial score (nSPS) is 14.9. The van der Waals surface area contributed by atoms with Crippen LogP contribution in [0.1, 0.15) is 30.9 Å². The van der Waals surface area contributed by atoms with Crippen LogP contribution in [-0.4, -0.2) is 13.2 Å². The van der Waals surface area contributed by atoms with Gasteiger partial charge in [-0.25, -0.2) is 0 Å². The van der Waals surface area contributed by atoms with E-state index in [9.17, 15) is 0 Å². The maximum Gasteiger partial charge on any atom is 0.161 e. The van der Waals surface area contributed by atoms with Gasteiger partial charge in [0.25, 0.3) is 0 Å². The number of ether oxygens (including phenoxy) is 2. The molecule has 0 aliphatic carbocycles. The van der Waals surface area contributed by atoms with E-state index in [2.05, 4.69) is 11.3 Å². The summed E-state index contributed by atoms with van der Waals surface area (Å²) >= 11 is 0. The number of rotatable bonds is 5. The van der Waals surface area contributed by atoms with Crippen LogP contribution in [0.4, 0.5) is 0 Å². The molecule has 0 bridgehead atoms. The Bertz CT molecular complexity index is 440. The number of hydrazine groups is 1. The van der Waals surface area contributed by atoms with Gasteiger partial charge in [0.15, 0.2) is 11.5 Å². The highest BCUT2D eigenvalue weighted by atomic mass is 16.6. The second-order valence-corrected chi connectivity index (χ2v) is 4.22. The number of terminal acetylenes is 1. The van der Waals surface area contributed by atoms with Crippen molar-refractivity contribution in [1.82, 2.24) is 5.43 Å². The molecule has 1 aliphatic heterocycles. The Labute approximate surface area is 107 Å². The van der Waals surface area contributed by atoms with E-state index in [0.717, 1.165) is 36.3 Å². The van der Waals surface area contributed by atoms with Crippen LogP contribution in [0.25, 0.3) is 0 Å². The lowest BCUT2D eigenvalue weighted by Gasteiger charge is -2.21. The van der Waals surface area contributed by atoms with Gasteiger partial charge in [0.05, 0.1) is 0 Å². The zero-order chi connectivity index (χ0) is 12.8. The Morgan fingerprint density at radius 3 is 2.83 bits per heavy atom. The molecule has 1 unspecified atom stereocenters. The first-order valence-corrected chi connectivity index (χ1v) is 6.14. The molecular weight excluding hydrogens is 228 g/mol. The fourth-order valence-electron chi connectivity index (χ4n) is 2.03. The first-order chi connectivity index (χ1) is 8.85. The fourth-order valence-corrected chi connectivity index (χ4v) is 2.03. The summed E-state index contributed by atoms with van der Waals surface area (Å²) in [6, 6.07) is 6.01. The Morgan fingerprint density at radius 2 is 2.11 bits per heavy atom. The standard InChI is InChI=1S/C14H18N2O2/c1-2-3-4-5-12(16-15)11-6-7-13-14(10-11)18-9-8-17-13/h1,6-7,10,12,16H,3-5,8-9,15H2. The molecule has 0 saturated heterocycles. The average molecular weight is 246 g/mol. The number of unbranched alkanes of at least 4 members (excludes halogenated alkanes) is 1. The number of benzene rings is 1. The van der Waals surface area contributed by atoms with Gasteiger partial charge in [0.2, 0.25) is 0 Å². The van der Waals surface area contributed by atoms with Crippen LogP contribution in [-0.2, 0) is 0 Å². The minimum Gasteiger partial charge on any atom is -0.486 e. The van der Waals surface area contributed by atoms with E-state index < -0.39 is 0 Å². The molecule has 96 valence electrons. The molecule has 0 aromatic heterocycles. The molecule has 3 N–H and O–H groups in total. The minimum absolute atomic E-state index is 0.0918. The Kier molecular flexibility index (Phi) is 4.46. The van der Waals surface area contributed by atoms with E-state index in [4.69, 9.17) is 21.7 Å². The Morgan fingerprint density at radius 1 is 1.33 bits per heavy atom. The molecule has 1 aromatic rings. The van der Waals surface area contributed by atoms with Crippen molar-refractivity contribution in [2.45, 2.75) is 25.3 Å². The molecule has 1 aliphatic rings. The van der Waals surface area contributed by atoms with Gasteiger partial charge in [-0.15, -0.1) is 12.3 Å². The van der Waals surface area contributed by atoms with Crippen LogP contribution < -0.4 is 20.7 Å². The third-order valence-corrected chi connectivity index (χ3v) is 2.98. The van der Waals surface area contributed by atoms with Gasteiger partial charge in [-0.1, -0.05) is 6.07 Å². The predicted molar refractivity (Wildman–Crippen MR) is 70.2 cm³/mol. The largest absolute Gasteiger partial charge is 0.486 e. The van der Waals surface area contributed by atoms with Crippen LogP contribution in [0.2, 0.25) is 0 Å². The summed E-state index contributed by atoms with van der Waals surface area (Å²) in [5.41, 5.74) is 3.92. The number of fused-ring (bicyclic) bond motifs is 1. The molecule has 0 amide bonds. The lowest BCUT2D eigenvalue weighted by Crippen LogP contribution is -2.28. The minimum atomic E-state index is 0.0918. The lowest BCUT2D eigenvalue weighted by atomic mass is 10.0. The van der Waals surface area contributed by atoms with E-state index in [1.807, 2.05) is 18.2 Å². The van der Waals surface area contributed by atoms with E-state index in [0.29, 0.717) is 13.2 Å². The average Bonchev–Trinajstić information content (AvgIpc) is 2.43. The summed E-state index contributed by atoms with van der Waals surface area (Å²) in [7, 11) is 0. The van der Waals surface area contributed by atoms with E-state index in [-0.39, 0.29) is 6.04 Å². The van der Waals surface area contributed by atoms with Crippen molar-refractivity contribution in [3.8, 4) is 23.8 Å². The zero-order valence-corrected chi connectivity index (χ0v) is 10.3. The number of hydrogen-bond acceptors (Lipinski definition) is 4. The monoisotopic (exact) mass is 246 g/mol. The first kappa shape index (κ1) is 12.7. The quantitative estimate of drug-likeness (QED) is 0.360. The molecule has 4 heteroatoms. The summed E-state index contributed by atoms with van der Waals surface area (Å²) in [6.07, 6.45) is 7.86. The van der Waals surface area contributed by atoms with Crippen molar-refractivity contribution in [3.05, 3.63) is 23.8 Å². The molecule has 0 fully saturated rings. The molecule has 18 heavy (non-hydrogen) atoms. The van der Waals surface area contributed by atoms with Crippen molar-refractivity contribution in [2.24, 2.45) is 5.84 Å². The van der Waals surface area contributed by atoms with Crippen molar-refractivity contribution >= 4 is 0 Å². The summed E-state index contributed by atoms with van der Waals surface area (Å²) in [4.78, 5) is 0. The van der Waals surface area contributed by atoms with Crippen LogP contribution >= 0.6 is 0 Å². The summed E-state index contributed by atoms with van der Waals surface area (Å²) in [6.45, 7) is 1.20. The fraction of sp³-hybridized carbons (Fsp3) is 0.429. The Balaban J connectivity index is 2.08. The van der Waals surface area contributed by atoms with Crippen LogP contribution in [0.5, 0.6) is 11.5 Å². The summed E-state index contributed by atoms with van der Waals surface area (Å²) in [5.74, 6) is 9.81. The summed E-state index contributed by atoms with van der Waals surface area (Å²) in [5, 5.41) is 0. The molecular formula is C14H18N2O2. The second-order valence-electron chi connectivity index (χ2n) is 4.22. The van der Waals surface area contributed by atoms with Crippen molar-refractivity contribution < 1.29 is 9.47 Å². The van der Waals surface area contributed by atoms with E-state index >= 15 is 0 Å². The molecule has 0 radical (unpaired) electrons. The third kappa shape index (κ3) is 2.95. The zero-order valence-electron chi connectivity index (χ0n) is 10.3. The van der Waals surface area contributed by atoms with Gasteiger partial charge in [-0.3, -0.25) is 11.3 Å². The smallest absolute Gasteiger partial charge is 0.161 e. The first-order valence-electron chi connectivity index (χ1n) is 6.14. The van der Waals surface area contributed by atoms with E-state index in [1.165, 1.54) is 0 Å². The van der Waals surface area contributed by atoms with Crippen LogP contribution in [0.15, 0.2) is 18.2 Å². The van der Waals surface area contributed by atoms with Gasteiger partial charge in [0.1, 0.15) is 13.2 Å². The topological polar surface area (TPSA) is 56.5 Å². The SMILES string of the molecule is C#CCCCC(NN)c1ccc2c(c1)OCCO2. The lowest BCUT2D eigenvalue weighted by molar-refractivity contribution is 0.171. The molecule has 1 heterocycles. The molecule has 1 aromatic carbocycles. The van der Waals surface area contributed by atoms with E-state index in [1.54, 1.807) is 0 Å².